The van der Waals surface area contributed by atoms with Crippen molar-refractivity contribution in [2.24, 2.45) is 0 Å². The van der Waals surface area contributed by atoms with Crippen LogP contribution in [-0.2, 0) is 4.79 Å². The molecule has 0 fully saturated rings. The molecule has 0 bridgehead atoms. The maximum atomic E-state index is 10.6. The van der Waals surface area contributed by atoms with Crippen LogP contribution in [0, 0.1) is 0 Å². The number of hydrogen-bond donors (Lipinski definition) is 1. The maximum Gasteiger partial charge on any atom is 0.211 e. The maximum absolute atomic E-state index is 10.6. The number of carbonyl (C=O) groups excluding carboxylic acids is 1. The Morgan fingerprint density at radius 2 is 2.06 bits per heavy atom. The van der Waals surface area contributed by atoms with Crippen LogP contribution in [0.15, 0.2) is 36.4 Å². The zero-order valence-corrected chi connectivity index (χ0v) is 9.07. The fourth-order valence-corrected chi connectivity index (χ4v) is 1.74. The van der Waals surface area contributed by atoms with E-state index in [-0.39, 0.29) is 0 Å². The number of amides is 1. The highest BCUT2D eigenvalue weighted by molar-refractivity contribution is 6.00. The average Bonchev–Trinajstić information content (AvgIpc) is 2.32. The van der Waals surface area contributed by atoms with E-state index < -0.39 is 0 Å². The van der Waals surface area contributed by atoms with Crippen LogP contribution < -0.4 is 10.1 Å². The largest absolute Gasteiger partial charge is 0.492 e. The Balaban J connectivity index is 2.63. The van der Waals surface area contributed by atoms with Gasteiger partial charge < -0.3 is 10.1 Å². The van der Waals surface area contributed by atoms with Crippen molar-refractivity contribution in [3.05, 3.63) is 36.4 Å². The second-order valence-corrected chi connectivity index (χ2v) is 3.36. The summed E-state index contributed by atoms with van der Waals surface area (Å²) < 4.78 is 5.48. The van der Waals surface area contributed by atoms with Gasteiger partial charge in [0.15, 0.2) is 0 Å². The topological polar surface area (TPSA) is 38.3 Å². The highest BCUT2D eigenvalue weighted by atomic mass is 16.5. The number of ether oxygens (including phenoxy) is 1. The lowest BCUT2D eigenvalue weighted by atomic mass is 10.1. The van der Waals surface area contributed by atoms with E-state index >= 15 is 0 Å². The molecule has 0 aliphatic heterocycles. The molecule has 0 saturated heterocycles. The first-order valence-electron chi connectivity index (χ1n) is 5.21. The van der Waals surface area contributed by atoms with Crippen molar-refractivity contribution >= 4 is 22.9 Å². The third-order valence-corrected chi connectivity index (χ3v) is 2.39. The standard InChI is InChI=1S/C13H13NO2/c1-2-16-12-8-7-10-5-3-4-6-11(10)13(12)14-9-15/h3-9H,2H2,1H3,(H,14,15). The molecule has 1 N–H and O–H groups in total. The van der Waals surface area contributed by atoms with E-state index in [4.69, 9.17) is 4.74 Å². The van der Waals surface area contributed by atoms with E-state index in [0.29, 0.717) is 18.8 Å². The predicted octanol–water partition coefficient (Wildman–Crippen LogP) is 2.81. The van der Waals surface area contributed by atoms with E-state index in [9.17, 15) is 4.79 Å². The summed E-state index contributed by atoms with van der Waals surface area (Å²) in [5.74, 6) is 0.702. The summed E-state index contributed by atoms with van der Waals surface area (Å²) >= 11 is 0. The number of hydrogen-bond acceptors (Lipinski definition) is 2. The van der Waals surface area contributed by atoms with Gasteiger partial charge in [-0.3, -0.25) is 4.79 Å². The van der Waals surface area contributed by atoms with Gasteiger partial charge >= 0.3 is 0 Å². The van der Waals surface area contributed by atoms with Crippen LogP contribution in [0.4, 0.5) is 5.69 Å². The molecule has 16 heavy (non-hydrogen) atoms. The fraction of sp³-hybridized carbons (Fsp3) is 0.154. The summed E-state index contributed by atoms with van der Waals surface area (Å²) in [5.41, 5.74) is 0.731. The van der Waals surface area contributed by atoms with Gasteiger partial charge in [0.2, 0.25) is 6.41 Å². The minimum Gasteiger partial charge on any atom is -0.492 e. The van der Waals surface area contributed by atoms with Crippen LogP contribution in [0.1, 0.15) is 6.92 Å². The molecule has 2 aromatic rings. The van der Waals surface area contributed by atoms with Gasteiger partial charge in [-0.15, -0.1) is 0 Å². The molecule has 3 heteroatoms. The van der Waals surface area contributed by atoms with Crippen LogP contribution in [-0.4, -0.2) is 13.0 Å². The number of benzene rings is 2. The first kappa shape index (κ1) is 10.5. The second kappa shape index (κ2) is 4.66. The Morgan fingerprint density at radius 1 is 1.25 bits per heavy atom. The van der Waals surface area contributed by atoms with Crippen molar-refractivity contribution in [1.82, 2.24) is 0 Å². The van der Waals surface area contributed by atoms with Gasteiger partial charge in [0.05, 0.1) is 12.3 Å². The molecule has 0 unspecified atom stereocenters. The fourth-order valence-electron chi connectivity index (χ4n) is 1.74. The molecule has 3 nitrogen and oxygen atoms in total. The summed E-state index contributed by atoms with van der Waals surface area (Å²) in [6.45, 7) is 2.49. The Morgan fingerprint density at radius 3 is 2.81 bits per heavy atom. The number of carbonyl (C=O) groups is 1. The van der Waals surface area contributed by atoms with Crippen molar-refractivity contribution < 1.29 is 9.53 Å². The SMILES string of the molecule is CCOc1ccc2ccccc2c1NC=O. The highest BCUT2D eigenvalue weighted by Crippen LogP contribution is 2.32. The molecule has 0 heterocycles. The summed E-state index contributed by atoms with van der Waals surface area (Å²) in [4.78, 5) is 10.6. The molecular formula is C13H13NO2. The molecule has 1 amide bonds. The molecular weight excluding hydrogens is 202 g/mol. The zero-order chi connectivity index (χ0) is 11.4. The van der Waals surface area contributed by atoms with E-state index in [1.54, 1.807) is 0 Å². The van der Waals surface area contributed by atoms with Gasteiger partial charge in [0.1, 0.15) is 5.75 Å². The molecule has 0 aromatic heterocycles. The van der Waals surface area contributed by atoms with Crippen molar-refractivity contribution in [1.29, 1.82) is 0 Å². The number of anilines is 1. The van der Waals surface area contributed by atoms with Gasteiger partial charge in [-0.1, -0.05) is 30.3 Å². The number of fused-ring (bicyclic) bond motifs is 1. The van der Waals surface area contributed by atoms with E-state index in [1.165, 1.54) is 0 Å². The third kappa shape index (κ3) is 1.84. The lowest BCUT2D eigenvalue weighted by molar-refractivity contribution is -0.105. The summed E-state index contributed by atoms with van der Waals surface area (Å²) in [6, 6.07) is 11.7. The molecule has 82 valence electrons. The molecule has 0 atom stereocenters. The van der Waals surface area contributed by atoms with Crippen LogP contribution >= 0.6 is 0 Å². The molecule has 0 aliphatic rings. The smallest absolute Gasteiger partial charge is 0.211 e. The third-order valence-electron chi connectivity index (χ3n) is 2.39. The molecule has 0 spiro atoms. The predicted molar refractivity (Wildman–Crippen MR) is 64.8 cm³/mol. The van der Waals surface area contributed by atoms with E-state index in [0.717, 1.165) is 16.5 Å². The second-order valence-electron chi connectivity index (χ2n) is 3.36. The molecule has 0 radical (unpaired) electrons. The van der Waals surface area contributed by atoms with Gasteiger partial charge in [-0.25, -0.2) is 0 Å². The van der Waals surface area contributed by atoms with Crippen LogP contribution in [0.25, 0.3) is 10.8 Å². The lowest BCUT2D eigenvalue weighted by Gasteiger charge is -2.11. The first-order valence-corrected chi connectivity index (χ1v) is 5.21. The van der Waals surface area contributed by atoms with Crippen LogP contribution in [0.2, 0.25) is 0 Å². The number of rotatable bonds is 4. The molecule has 0 saturated carbocycles. The summed E-state index contributed by atoms with van der Waals surface area (Å²) in [7, 11) is 0. The molecule has 2 rings (SSSR count). The Kier molecular flexibility index (Phi) is 3.05. The van der Waals surface area contributed by atoms with Gasteiger partial charge in [-0.2, -0.15) is 0 Å². The Hall–Kier alpha value is -2.03. The van der Waals surface area contributed by atoms with E-state index in [2.05, 4.69) is 5.32 Å². The number of nitrogens with one attached hydrogen (secondary N) is 1. The van der Waals surface area contributed by atoms with Crippen molar-refractivity contribution in [3.8, 4) is 5.75 Å². The van der Waals surface area contributed by atoms with Crippen molar-refractivity contribution in [2.75, 3.05) is 11.9 Å². The van der Waals surface area contributed by atoms with Crippen molar-refractivity contribution in [3.63, 3.8) is 0 Å². The van der Waals surface area contributed by atoms with Gasteiger partial charge in [0.25, 0.3) is 0 Å². The van der Waals surface area contributed by atoms with E-state index in [1.807, 2.05) is 43.3 Å². The minimum atomic E-state index is 0.575. The normalized spacial score (nSPS) is 10.1. The summed E-state index contributed by atoms with van der Waals surface area (Å²) in [5, 5.41) is 4.76. The quantitative estimate of drug-likeness (QED) is 0.796. The first-order chi connectivity index (χ1) is 7.86. The molecule has 0 aliphatic carbocycles. The van der Waals surface area contributed by atoms with Gasteiger partial charge in [-0.05, 0) is 18.4 Å². The Labute approximate surface area is 94.0 Å². The van der Waals surface area contributed by atoms with Crippen LogP contribution in [0.3, 0.4) is 0 Å². The van der Waals surface area contributed by atoms with Crippen molar-refractivity contribution in [2.45, 2.75) is 6.92 Å². The highest BCUT2D eigenvalue weighted by Gasteiger charge is 2.07. The van der Waals surface area contributed by atoms with Gasteiger partial charge in [0, 0.05) is 5.39 Å². The monoisotopic (exact) mass is 215 g/mol. The Bertz CT molecular complexity index is 508. The molecule has 2 aromatic carbocycles. The lowest BCUT2D eigenvalue weighted by Crippen LogP contribution is -2.00. The minimum absolute atomic E-state index is 0.575. The average molecular weight is 215 g/mol. The summed E-state index contributed by atoms with van der Waals surface area (Å²) in [6.07, 6.45) is 0.671. The van der Waals surface area contributed by atoms with Crippen LogP contribution in [0.5, 0.6) is 5.75 Å². The zero-order valence-electron chi connectivity index (χ0n) is 9.07.